The molecule has 3 aromatic rings. The maximum Gasteiger partial charge on any atom is 0.326 e. The molecule has 0 aliphatic carbocycles. The first kappa shape index (κ1) is 10.6. The molecular formula is C13H11N3O2. The van der Waals surface area contributed by atoms with Crippen molar-refractivity contribution < 1.29 is 0 Å². The molecule has 0 bridgehead atoms. The molecule has 2 heterocycles. The number of aromatic amines is 2. The highest BCUT2D eigenvalue weighted by Gasteiger charge is 2.09. The molecule has 0 saturated carbocycles. The van der Waals surface area contributed by atoms with Gasteiger partial charge < -0.3 is 9.55 Å². The zero-order valence-corrected chi connectivity index (χ0v) is 9.73. The van der Waals surface area contributed by atoms with E-state index in [1.165, 1.54) is 6.07 Å². The van der Waals surface area contributed by atoms with Crippen LogP contribution in [0.3, 0.4) is 0 Å². The molecule has 0 aliphatic heterocycles. The first-order chi connectivity index (χ1) is 8.65. The highest BCUT2D eigenvalue weighted by atomic mass is 16.2. The number of benzene rings is 1. The van der Waals surface area contributed by atoms with Crippen LogP contribution < -0.4 is 11.2 Å². The molecule has 5 heteroatoms. The molecule has 0 unspecified atom stereocenters. The second kappa shape index (κ2) is 3.73. The maximum atomic E-state index is 11.3. The van der Waals surface area contributed by atoms with E-state index in [0.29, 0.717) is 5.69 Å². The highest BCUT2D eigenvalue weighted by molar-refractivity contribution is 5.94. The van der Waals surface area contributed by atoms with Crippen LogP contribution in [0, 0.1) is 0 Å². The number of hydrogen-bond donors (Lipinski definition) is 2. The Hall–Kier alpha value is -2.56. The lowest BCUT2D eigenvalue weighted by molar-refractivity contribution is 0.967. The third kappa shape index (κ3) is 1.57. The topological polar surface area (TPSA) is 70.7 Å². The van der Waals surface area contributed by atoms with Crippen LogP contribution in [0.4, 0.5) is 0 Å². The molecule has 0 aliphatic rings. The number of aromatic nitrogens is 3. The number of nitrogens with one attached hydrogen (secondary N) is 2. The number of hydrogen-bond acceptors (Lipinski definition) is 2. The summed E-state index contributed by atoms with van der Waals surface area (Å²) in [5.74, 6) is 0. The second-order valence-electron chi connectivity index (χ2n) is 4.17. The minimum Gasteiger partial charge on any atom is -0.350 e. The maximum absolute atomic E-state index is 11.3. The summed E-state index contributed by atoms with van der Waals surface area (Å²) in [4.78, 5) is 27.5. The Morgan fingerprint density at radius 3 is 2.67 bits per heavy atom. The monoisotopic (exact) mass is 241 g/mol. The van der Waals surface area contributed by atoms with Gasteiger partial charge in [-0.05, 0) is 6.07 Å². The second-order valence-corrected chi connectivity index (χ2v) is 4.17. The van der Waals surface area contributed by atoms with Crippen molar-refractivity contribution in [2.24, 2.45) is 7.05 Å². The van der Waals surface area contributed by atoms with E-state index in [0.717, 1.165) is 16.5 Å². The lowest BCUT2D eigenvalue weighted by atomic mass is 10.1. The fraction of sp³-hybridized carbons (Fsp3) is 0.0769. The summed E-state index contributed by atoms with van der Waals surface area (Å²) in [6.45, 7) is 0. The highest BCUT2D eigenvalue weighted by Crippen LogP contribution is 2.27. The van der Waals surface area contributed by atoms with Crippen molar-refractivity contribution >= 4 is 10.9 Å². The van der Waals surface area contributed by atoms with Crippen molar-refractivity contribution in [1.82, 2.24) is 14.5 Å². The minimum atomic E-state index is -0.495. The molecule has 90 valence electrons. The van der Waals surface area contributed by atoms with E-state index in [1.54, 1.807) is 0 Å². The Kier molecular flexibility index (Phi) is 2.19. The van der Waals surface area contributed by atoms with Gasteiger partial charge in [0, 0.05) is 35.8 Å². The van der Waals surface area contributed by atoms with Crippen LogP contribution in [-0.2, 0) is 7.05 Å². The SMILES string of the molecule is Cn1cc(-c2cc(=O)[nH]c(=O)[nH]2)c2ccccc21. The van der Waals surface area contributed by atoms with Crippen molar-refractivity contribution in [3.63, 3.8) is 0 Å². The standard InChI is InChI=1S/C13H11N3O2/c1-16-7-9(8-4-2-3-5-11(8)16)10-6-12(17)15-13(18)14-10/h2-7H,1H3,(H2,14,15,17,18). The van der Waals surface area contributed by atoms with Crippen LogP contribution in [-0.4, -0.2) is 14.5 Å². The van der Waals surface area contributed by atoms with E-state index >= 15 is 0 Å². The van der Waals surface area contributed by atoms with Crippen molar-refractivity contribution in [3.8, 4) is 11.3 Å². The number of rotatable bonds is 1. The van der Waals surface area contributed by atoms with Crippen LogP contribution >= 0.6 is 0 Å². The Morgan fingerprint density at radius 2 is 1.89 bits per heavy atom. The summed E-state index contributed by atoms with van der Waals surface area (Å²) in [6.07, 6.45) is 1.90. The Bertz CT molecular complexity index is 811. The zero-order chi connectivity index (χ0) is 12.7. The third-order valence-electron chi connectivity index (χ3n) is 2.95. The first-order valence-corrected chi connectivity index (χ1v) is 5.53. The Labute approximate surface area is 102 Å². The quantitative estimate of drug-likeness (QED) is 0.672. The zero-order valence-electron chi connectivity index (χ0n) is 9.73. The molecule has 5 nitrogen and oxygen atoms in total. The van der Waals surface area contributed by atoms with Crippen LogP contribution in [0.25, 0.3) is 22.2 Å². The summed E-state index contributed by atoms with van der Waals surface area (Å²) in [6, 6.07) is 9.22. The number of nitrogens with zero attached hydrogens (tertiary/aromatic N) is 1. The smallest absolute Gasteiger partial charge is 0.326 e. The number of fused-ring (bicyclic) bond motifs is 1. The average molecular weight is 241 g/mol. The van der Waals surface area contributed by atoms with E-state index in [2.05, 4.69) is 9.97 Å². The van der Waals surface area contributed by atoms with Gasteiger partial charge in [0.05, 0.1) is 5.69 Å². The van der Waals surface area contributed by atoms with Gasteiger partial charge in [0.2, 0.25) is 0 Å². The third-order valence-corrected chi connectivity index (χ3v) is 2.95. The summed E-state index contributed by atoms with van der Waals surface area (Å²) >= 11 is 0. The molecule has 3 rings (SSSR count). The van der Waals surface area contributed by atoms with E-state index in [1.807, 2.05) is 42.1 Å². The lowest BCUT2D eigenvalue weighted by Crippen LogP contribution is -2.21. The molecule has 2 N–H and O–H groups in total. The molecule has 2 aromatic heterocycles. The summed E-state index contributed by atoms with van der Waals surface area (Å²) < 4.78 is 1.96. The molecule has 18 heavy (non-hydrogen) atoms. The van der Waals surface area contributed by atoms with Crippen molar-refractivity contribution in [2.75, 3.05) is 0 Å². The van der Waals surface area contributed by atoms with E-state index < -0.39 is 11.2 Å². The molecule has 0 amide bonds. The fourth-order valence-electron chi connectivity index (χ4n) is 2.17. The minimum absolute atomic E-state index is 0.401. The van der Waals surface area contributed by atoms with Crippen LogP contribution in [0.15, 0.2) is 46.1 Å². The fourth-order valence-corrected chi connectivity index (χ4v) is 2.17. The number of H-pyrrole nitrogens is 2. The van der Waals surface area contributed by atoms with Gasteiger partial charge in [0.15, 0.2) is 0 Å². The molecule has 0 spiro atoms. The summed E-state index contributed by atoms with van der Waals surface area (Å²) in [5, 5.41) is 1.00. The van der Waals surface area contributed by atoms with Crippen LogP contribution in [0.1, 0.15) is 0 Å². The van der Waals surface area contributed by atoms with Gasteiger partial charge in [-0.3, -0.25) is 9.78 Å². The van der Waals surface area contributed by atoms with Gasteiger partial charge in [-0.2, -0.15) is 0 Å². The van der Waals surface area contributed by atoms with Crippen LogP contribution in [0.5, 0.6) is 0 Å². The molecule has 0 fully saturated rings. The van der Waals surface area contributed by atoms with Gasteiger partial charge in [0.1, 0.15) is 0 Å². The predicted molar refractivity (Wildman–Crippen MR) is 69.6 cm³/mol. The normalized spacial score (nSPS) is 10.9. The van der Waals surface area contributed by atoms with Gasteiger partial charge >= 0.3 is 5.69 Å². The van der Waals surface area contributed by atoms with E-state index in [4.69, 9.17) is 0 Å². The van der Waals surface area contributed by atoms with Crippen LogP contribution in [0.2, 0.25) is 0 Å². The predicted octanol–water partition coefficient (Wildman–Crippen LogP) is 1.22. The molecule has 0 saturated heterocycles. The Morgan fingerprint density at radius 1 is 1.11 bits per heavy atom. The van der Waals surface area contributed by atoms with E-state index in [9.17, 15) is 9.59 Å². The first-order valence-electron chi connectivity index (χ1n) is 5.53. The Balaban J connectivity index is 2.38. The van der Waals surface area contributed by atoms with Gasteiger partial charge in [-0.25, -0.2) is 4.79 Å². The number of para-hydroxylation sites is 1. The van der Waals surface area contributed by atoms with Gasteiger partial charge in [0.25, 0.3) is 5.56 Å². The van der Waals surface area contributed by atoms with Crippen molar-refractivity contribution in [3.05, 3.63) is 57.4 Å². The lowest BCUT2D eigenvalue weighted by Gasteiger charge is -1.97. The molecule has 1 aromatic carbocycles. The number of aryl methyl sites for hydroxylation is 1. The molecule has 0 radical (unpaired) electrons. The molecule has 0 atom stereocenters. The van der Waals surface area contributed by atoms with Gasteiger partial charge in [-0.1, -0.05) is 18.2 Å². The van der Waals surface area contributed by atoms with Crippen molar-refractivity contribution in [2.45, 2.75) is 0 Å². The summed E-state index contributed by atoms with van der Waals surface area (Å²) in [7, 11) is 1.93. The van der Waals surface area contributed by atoms with E-state index in [-0.39, 0.29) is 0 Å². The average Bonchev–Trinajstić information content (AvgIpc) is 2.66. The summed E-state index contributed by atoms with van der Waals surface area (Å²) in [5.41, 5.74) is 1.53. The largest absolute Gasteiger partial charge is 0.350 e. The van der Waals surface area contributed by atoms with Gasteiger partial charge in [-0.15, -0.1) is 0 Å². The van der Waals surface area contributed by atoms with Crippen molar-refractivity contribution in [1.29, 1.82) is 0 Å². The molecular weight excluding hydrogens is 230 g/mol.